The lowest BCUT2D eigenvalue weighted by Gasteiger charge is -2.10. The Labute approximate surface area is 329 Å². The first-order chi connectivity index (χ1) is 29.8. The van der Waals surface area contributed by atoms with Gasteiger partial charge in [0.2, 0.25) is 0 Å². The van der Waals surface area contributed by atoms with E-state index in [4.69, 9.17) is 26.2 Å². The molecule has 0 unspecified atom stereocenters. The largest absolute Gasteiger partial charge is 0.455 e. The molecule has 8 aromatic carbocycles. The van der Waals surface area contributed by atoms with Gasteiger partial charge in [0.05, 0.1) is 23.5 Å². The third-order valence-electron chi connectivity index (χ3n) is 10.3. The highest BCUT2D eigenvalue weighted by Gasteiger charge is 2.19. The molecule has 11 aromatic rings. The highest BCUT2D eigenvalue weighted by Crippen LogP contribution is 2.39. The molecule has 0 aliphatic rings. The van der Waals surface area contributed by atoms with Gasteiger partial charge in [-0.1, -0.05) is 139 Å². The lowest BCUT2D eigenvalue weighted by molar-refractivity contribution is 0.669. The Hall–Kier alpha value is -7.63. The Morgan fingerprint density at radius 1 is 0.411 bits per heavy atom. The third kappa shape index (κ3) is 5.37. The van der Waals surface area contributed by atoms with Crippen LogP contribution in [0.5, 0.6) is 0 Å². The molecule has 0 atom stereocenters. The average molecular weight is 722 g/mol. The van der Waals surface area contributed by atoms with Gasteiger partial charge in [-0.05, 0) is 76.9 Å². The minimum atomic E-state index is -0.439. The predicted molar refractivity (Wildman–Crippen MR) is 229 cm³/mol. The normalized spacial score (nSPS) is 12.8. The van der Waals surface area contributed by atoms with Gasteiger partial charge in [0.15, 0.2) is 17.5 Å². The number of para-hydroxylation sites is 3. The fraction of sp³-hybridized carbons (Fsp3) is 0. The molecule has 0 saturated heterocycles. The van der Waals surface area contributed by atoms with E-state index in [9.17, 15) is 0 Å². The molecule has 0 N–H and O–H groups in total. The quantitative estimate of drug-likeness (QED) is 0.172. The topological polar surface area (TPSA) is 56.7 Å². The molecular weight excluding hydrogens is 685 g/mol. The Kier molecular flexibility index (Phi) is 6.29. The van der Waals surface area contributed by atoms with E-state index in [0.29, 0.717) is 39.7 Å². The van der Waals surface area contributed by atoms with E-state index in [-0.39, 0.29) is 17.6 Å². The minimum Gasteiger partial charge on any atom is -0.455 e. The summed E-state index contributed by atoms with van der Waals surface area (Å²) in [7, 11) is 0. The maximum absolute atomic E-state index is 8.59. The van der Waals surface area contributed by atoms with Crippen molar-refractivity contribution in [1.29, 1.82) is 0 Å². The number of hydrogen-bond donors (Lipinski definition) is 0. The van der Waals surface area contributed by atoms with E-state index in [1.54, 1.807) is 18.2 Å². The summed E-state index contributed by atoms with van der Waals surface area (Å²) < 4.78 is 50.8. The van der Waals surface area contributed by atoms with Gasteiger partial charge in [-0.2, -0.15) is 0 Å². The molecule has 11 rings (SSSR count). The molecule has 0 saturated carbocycles. The van der Waals surface area contributed by atoms with Crippen molar-refractivity contribution >= 4 is 43.7 Å². The van der Waals surface area contributed by atoms with Crippen LogP contribution in [0.15, 0.2) is 198 Å². The molecule has 0 amide bonds. The van der Waals surface area contributed by atoms with E-state index in [1.165, 1.54) is 10.8 Å². The first kappa shape index (κ1) is 27.0. The zero-order valence-electron chi connectivity index (χ0n) is 34.8. The number of hydrogen-bond acceptors (Lipinski definition) is 4. The monoisotopic (exact) mass is 721 g/mol. The highest BCUT2D eigenvalue weighted by molar-refractivity contribution is 6.12. The summed E-state index contributed by atoms with van der Waals surface area (Å²) in [6.45, 7) is 0. The van der Waals surface area contributed by atoms with Crippen LogP contribution in [0, 0.1) is 0 Å². The second-order valence-corrected chi connectivity index (χ2v) is 13.7. The van der Waals surface area contributed by atoms with Crippen LogP contribution in [0.3, 0.4) is 0 Å². The Balaban J connectivity index is 1.04. The maximum Gasteiger partial charge on any atom is 0.167 e. The molecule has 0 aliphatic heterocycles. The first-order valence-electron chi connectivity index (χ1n) is 20.9. The number of aromatic nitrogens is 4. The van der Waals surface area contributed by atoms with Gasteiger partial charge in [0.1, 0.15) is 11.2 Å². The van der Waals surface area contributed by atoms with Crippen molar-refractivity contribution in [2.45, 2.75) is 0 Å². The second-order valence-electron chi connectivity index (χ2n) is 13.7. The summed E-state index contributed by atoms with van der Waals surface area (Å²) in [6, 6.07) is 52.8. The number of fused-ring (bicyclic) bond motifs is 6. The van der Waals surface area contributed by atoms with E-state index in [2.05, 4.69) is 89.5 Å². The van der Waals surface area contributed by atoms with Crippen LogP contribution < -0.4 is 0 Å². The Bertz CT molecular complexity index is 3520. The van der Waals surface area contributed by atoms with Gasteiger partial charge in [-0.3, -0.25) is 0 Å². The zero-order chi connectivity index (χ0) is 41.4. The van der Waals surface area contributed by atoms with Crippen molar-refractivity contribution in [1.82, 2.24) is 19.5 Å². The summed E-state index contributed by atoms with van der Waals surface area (Å²) >= 11 is 0. The van der Waals surface area contributed by atoms with Crippen LogP contribution in [-0.2, 0) is 0 Å². The van der Waals surface area contributed by atoms with Crippen LogP contribution in [0.2, 0.25) is 0 Å². The van der Waals surface area contributed by atoms with Crippen molar-refractivity contribution < 1.29 is 11.3 Å². The van der Waals surface area contributed by atoms with Gasteiger partial charge in [0, 0.05) is 38.4 Å². The fourth-order valence-corrected chi connectivity index (χ4v) is 7.71. The third-order valence-corrected chi connectivity index (χ3v) is 10.3. The number of furan rings is 1. The van der Waals surface area contributed by atoms with Gasteiger partial charge in [-0.15, -0.1) is 0 Å². The smallest absolute Gasteiger partial charge is 0.167 e. The predicted octanol–water partition coefficient (Wildman–Crippen LogP) is 13.2. The van der Waals surface area contributed by atoms with Gasteiger partial charge in [0.25, 0.3) is 0 Å². The molecule has 5 heteroatoms. The lowest BCUT2D eigenvalue weighted by Crippen LogP contribution is -2.00. The molecular formula is C51H32N4O. The van der Waals surface area contributed by atoms with Gasteiger partial charge in [-0.25, -0.2) is 15.0 Å². The molecule has 5 nitrogen and oxygen atoms in total. The molecule has 262 valence electrons. The number of benzene rings is 8. The van der Waals surface area contributed by atoms with Gasteiger partial charge < -0.3 is 8.98 Å². The summed E-state index contributed by atoms with van der Waals surface area (Å²) in [6.07, 6.45) is 0. The fourth-order valence-electron chi connectivity index (χ4n) is 7.71. The average Bonchev–Trinajstić information content (AvgIpc) is 3.86. The molecule has 3 aromatic heterocycles. The van der Waals surface area contributed by atoms with Crippen molar-refractivity contribution in [3.8, 4) is 62.1 Å². The molecule has 0 radical (unpaired) electrons. The van der Waals surface area contributed by atoms with Crippen molar-refractivity contribution in [3.05, 3.63) is 194 Å². The van der Waals surface area contributed by atoms with E-state index >= 15 is 0 Å². The maximum atomic E-state index is 8.59. The number of nitrogens with zero attached hydrogens (tertiary/aromatic N) is 4. The summed E-state index contributed by atoms with van der Waals surface area (Å²) in [5, 5.41) is 4.24. The minimum absolute atomic E-state index is 0.107. The molecule has 0 fully saturated rings. The summed E-state index contributed by atoms with van der Waals surface area (Å²) in [5.41, 5.74) is 9.51. The van der Waals surface area contributed by atoms with E-state index in [1.807, 2.05) is 60.7 Å². The van der Waals surface area contributed by atoms with Crippen molar-refractivity contribution in [2.24, 2.45) is 0 Å². The Morgan fingerprint density at radius 2 is 1.04 bits per heavy atom. The Morgan fingerprint density at radius 3 is 1.89 bits per heavy atom. The SMILES string of the molecule is [2H]c1c([2H])c([2H])c(-c2cccc(-c3nc(-c4ccccc4)nc(-c4cccc5c4oc4cc(-c6ccc7c(c6)c6ccccc6n7-c6ccccc6)ccc45)n3)c2)c([2H])c1[2H]. The molecule has 0 aliphatic carbocycles. The van der Waals surface area contributed by atoms with Crippen LogP contribution in [0.25, 0.3) is 106 Å². The standard InChI is InChI=1S/C51H32N4O/c1-4-14-33(15-5-1)35-18-12-19-38(30-35)50-52-49(34-16-6-2-7-17-34)53-51(54-50)43-24-13-23-42-41-28-26-37(32-47(41)56-48(42)43)36-27-29-46-44(31-36)40-22-10-11-25-45(40)55(46)39-20-8-3-9-21-39/h1-32H/i1D,4D,5D,14D,15D. The second kappa shape index (κ2) is 13.0. The van der Waals surface area contributed by atoms with Crippen LogP contribution in [0.1, 0.15) is 6.85 Å². The van der Waals surface area contributed by atoms with E-state index < -0.39 is 18.1 Å². The van der Waals surface area contributed by atoms with Crippen molar-refractivity contribution in [3.63, 3.8) is 0 Å². The zero-order valence-corrected chi connectivity index (χ0v) is 29.8. The van der Waals surface area contributed by atoms with E-state index in [0.717, 1.165) is 49.8 Å². The van der Waals surface area contributed by atoms with Gasteiger partial charge >= 0.3 is 0 Å². The summed E-state index contributed by atoms with van der Waals surface area (Å²) in [4.78, 5) is 14.9. The highest BCUT2D eigenvalue weighted by atomic mass is 16.3. The lowest BCUT2D eigenvalue weighted by atomic mass is 10.0. The van der Waals surface area contributed by atoms with Crippen LogP contribution >= 0.6 is 0 Å². The van der Waals surface area contributed by atoms with Crippen molar-refractivity contribution in [2.75, 3.05) is 0 Å². The molecule has 56 heavy (non-hydrogen) atoms. The number of rotatable bonds is 6. The molecule has 0 bridgehead atoms. The molecule has 3 heterocycles. The molecule has 0 spiro atoms. The first-order valence-corrected chi connectivity index (χ1v) is 18.4. The van der Waals surface area contributed by atoms with Crippen LogP contribution in [-0.4, -0.2) is 19.5 Å². The summed E-state index contributed by atoms with van der Waals surface area (Å²) in [5.74, 6) is 1.22. The van der Waals surface area contributed by atoms with Crippen LogP contribution in [0.4, 0.5) is 0 Å².